The summed E-state index contributed by atoms with van der Waals surface area (Å²) in [6, 6.07) is 17.1. The number of rotatable bonds is 15. The first-order chi connectivity index (χ1) is 41.3. The van der Waals surface area contributed by atoms with E-state index in [-0.39, 0.29) is 28.3 Å². The van der Waals surface area contributed by atoms with Crippen LogP contribution in [0.1, 0.15) is 65.7 Å². The van der Waals surface area contributed by atoms with E-state index in [1.54, 1.807) is 81.1 Å². The van der Waals surface area contributed by atoms with Crippen molar-refractivity contribution in [1.29, 1.82) is 0 Å². The summed E-state index contributed by atoms with van der Waals surface area (Å²) in [6.07, 6.45) is 23.7. The van der Waals surface area contributed by atoms with Crippen LogP contribution in [0.3, 0.4) is 0 Å². The molecular weight excluding hydrogens is 1080 g/mol. The molecule has 4 saturated heterocycles. The highest BCUT2D eigenvalue weighted by Crippen LogP contribution is 2.38. The Morgan fingerprint density at radius 3 is 1.41 bits per heavy atom. The van der Waals surface area contributed by atoms with Crippen LogP contribution in [0.4, 0.5) is 17.8 Å². The highest BCUT2D eigenvalue weighted by molar-refractivity contribution is 5.76. The number of hydrogen-bond donors (Lipinski definition) is 9. The first-order valence-corrected chi connectivity index (χ1v) is 28.9. The van der Waals surface area contributed by atoms with Crippen molar-refractivity contribution in [2.24, 2.45) is 0 Å². The van der Waals surface area contributed by atoms with Gasteiger partial charge in [0.25, 0.3) is 0 Å². The first-order valence-electron chi connectivity index (χ1n) is 28.9. The van der Waals surface area contributed by atoms with Gasteiger partial charge in [0.15, 0.2) is 0 Å². The summed E-state index contributed by atoms with van der Waals surface area (Å²) >= 11 is 0. The second kappa shape index (κ2) is 24.3. The number of nitrogens with one attached hydrogen (secondary N) is 6. The standard InChI is InChI=1S/C21H27N7O2.C20H23N7O.C19H21N7O/c1-21(2,13-30-3)25-16-6-7-28(12-16)20-22-11-18(26-27-20)17-5-4-14(8-19(17)29)15-9-23-24-10-15;1-20(5-6-20)24-15-4-7-27(12-15)19-21-11-17(25-26-19)16-3-2-13(8-18(16)28)14-9-22-23-10-14;27-17-8-13(14-9-22-23-10-14)2-3-15(17)16-11-20-18(25-24-16)26-7-5-19(12-26)4-1-6-21-19/h4-5,8-11,16,25,29H,6-7,12-13H2,1-3H3,(H,23,24);2-3,8-11,15,24,28H,4-7,12H2,1H3,(H,22,23);2-3,8-11,21,27H,1,4-7,12H2,(H,22,23). The molecule has 4 aliphatic heterocycles. The lowest BCUT2D eigenvalue weighted by molar-refractivity contribution is 0.122. The zero-order valence-electron chi connectivity index (χ0n) is 48.1. The van der Waals surface area contributed by atoms with Crippen LogP contribution in [0.25, 0.3) is 67.2 Å². The van der Waals surface area contributed by atoms with E-state index in [0.717, 1.165) is 98.5 Å². The van der Waals surface area contributed by atoms with E-state index >= 15 is 0 Å². The summed E-state index contributed by atoms with van der Waals surface area (Å²) in [5.74, 6) is 2.31. The van der Waals surface area contributed by atoms with Gasteiger partial charge in [0.05, 0.1) is 43.8 Å². The third-order valence-corrected chi connectivity index (χ3v) is 16.5. The average Bonchev–Trinajstić information content (AvgIpc) is 4.44. The number of phenols is 3. The third kappa shape index (κ3) is 13.2. The largest absolute Gasteiger partial charge is 0.507 e. The number of aromatic hydroxyl groups is 3. The molecule has 0 amide bonds. The number of aromatic nitrogens is 15. The summed E-state index contributed by atoms with van der Waals surface area (Å²) in [5, 5.41) is 88.3. The van der Waals surface area contributed by atoms with E-state index in [4.69, 9.17) is 4.74 Å². The van der Waals surface area contributed by atoms with Crippen LogP contribution < -0.4 is 30.7 Å². The maximum atomic E-state index is 10.5. The van der Waals surface area contributed by atoms with E-state index in [9.17, 15) is 15.3 Å². The van der Waals surface area contributed by atoms with Gasteiger partial charge in [-0.1, -0.05) is 18.2 Å². The molecule has 10 heterocycles. The van der Waals surface area contributed by atoms with Gasteiger partial charge in [-0.2, -0.15) is 15.3 Å². The van der Waals surface area contributed by atoms with Crippen LogP contribution in [0.5, 0.6) is 17.2 Å². The molecule has 0 bridgehead atoms. The molecule has 1 saturated carbocycles. The Balaban J connectivity index is 0.000000125. The summed E-state index contributed by atoms with van der Waals surface area (Å²) < 4.78 is 5.29. The van der Waals surface area contributed by atoms with Crippen molar-refractivity contribution in [3.05, 3.63) is 110 Å². The smallest absolute Gasteiger partial charge is 0.245 e. The maximum Gasteiger partial charge on any atom is 0.245 e. The SMILES string of the molecule is CC1(NC2CCN(c3ncc(-c4ccc(-c5cn[nH]c5)cc4O)nn3)C2)CC1.COCC(C)(C)NC1CCN(c2ncc(-c3ccc(-c4cn[nH]c4)cc3O)nn2)C1.Oc1cc(-c2cn[nH]c2)ccc1-c1cnc(N2CCC3(CCCN3)C2)nn1. The molecule has 3 aromatic carbocycles. The molecule has 1 aliphatic carbocycles. The fraction of sp³-hybridized carbons (Fsp3) is 0.400. The zero-order chi connectivity index (χ0) is 58.5. The molecule has 5 fully saturated rings. The molecule has 9 aromatic rings. The van der Waals surface area contributed by atoms with E-state index in [2.05, 4.69) is 128 Å². The topological polar surface area (TPSA) is 318 Å². The van der Waals surface area contributed by atoms with Crippen LogP contribution in [0.15, 0.2) is 110 Å². The predicted octanol–water partition coefficient (Wildman–Crippen LogP) is 6.55. The second-order valence-corrected chi connectivity index (χ2v) is 23.6. The lowest BCUT2D eigenvalue weighted by atomic mass is 9.97. The molecule has 3 unspecified atom stereocenters. The van der Waals surface area contributed by atoms with Crippen LogP contribution >= 0.6 is 0 Å². The number of methoxy groups -OCH3 is 1. The molecule has 14 rings (SSSR count). The third-order valence-electron chi connectivity index (χ3n) is 16.5. The number of ether oxygens (including phenoxy) is 1. The minimum absolute atomic E-state index is 0.0848. The van der Waals surface area contributed by atoms with Crippen molar-refractivity contribution in [3.8, 4) is 84.4 Å². The molecule has 25 heteroatoms. The minimum Gasteiger partial charge on any atom is -0.507 e. The summed E-state index contributed by atoms with van der Waals surface area (Å²) in [4.78, 5) is 20.0. The van der Waals surface area contributed by atoms with Gasteiger partial charge >= 0.3 is 0 Å². The maximum absolute atomic E-state index is 10.5. The number of nitrogens with zero attached hydrogens (tertiary/aromatic N) is 15. The van der Waals surface area contributed by atoms with Gasteiger partial charge in [0.1, 0.15) is 34.3 Å². The molecule has 25 nitrogen and oxygen atoms in total. The summed E-state index contributed by atoms with van der Waals surface area (Å²) in [5.41, 5.74) is 9.32. The molecule has 0 radical (unpaired) electrons. The Morgan fingerprint density at radius 2 is 1.02 bits per heavy atom. The van der Waals surface area contributed by atoms with Gasteiger partial charge in [-0.25, -0.2) is 15.0 Å². The van der Waals surface area contributed by atoms with Crippen molar-refractivity contribution in [3.63, 3.8) is 0 Å². The van der Waals surface area contributed by atoms with Gasteiger partial charge < -0.3 is 50.7 Å². The quantitative estimate of drug-likeness (QED) is 0.0525. The molecule has 85 heavy (non-hydrogen) atoms. The Bertz CT molecular complexity index is 3630. The van der Waals surface area contributed by atoms with Gasteiger partial charge in [-0.15, -0.1) is 30.6 Å². The predicted molar refractivity (Wildman–Crippen MR) is 321 cm³/mol. The monoisotopic (exact) mass is 1150 g/mol. The van der Waals surface area contributed by atoms with Crippen molar-refractivity contribution in [2.45, 2.75) is 94.4 Å². The molecule has 9 N–H and O–H groups in total. The van der Waals surface area contributed by atoms with Crippen LogP contribution in [-0.2, 0) is 4.74 Å². The number of benzene rings is 3. The Hall–Kier alpha value is -9.04. The Kier molecular flexibility index (Phi) is 16.1. The fourth-order valence-electron chi connectivity index (χ4n) is 11.8. The van der Waals surface area contributed by atoms with E-state index in [1.807, 2.05) is 36.4 Å². The van der Waals surface area contributed by atoms with Gasteiger partial charge in [-0.05, 0) is 125 Å². The average molecular weight is 1150 g/mol. The van der Waals surface area contributed by atoms with Crippen molar-refractivity contribution < 1.29 is 20.1 Å². The highest BCUT2D eigenvalue weighted by Gasteiger charge is 2.42. The molecule has 5 aliphatic rings. The van der Waals surface area contributed by atoms with Gasteiger partial charge in [0, 0.05) is 127 Å². The van der Waals surface area contributed by atoms with Crippen LogP contribution in [-0.4, -0.2) is 180 Å². The summed E-state index contributed by atoms with van der Waals surface area (Å²) in [6.45, 7) is 13.7. The zero-order valence-corrected chi connectivity index (χ0v) is 48.1. The molecule has 3 atom stereocenters. The lowest BCUT2D eigenvalue weighted by Crippen LogP contribution is -2.49. The van der Waals surface area contributed by atoms with Crippen LogP contribution in [0, 0.1) is 0 Å². The van der Waals surface area contributed by atoms with E-state index < -0.39 is 0 Å². The van der Waals surface area contributed by atoms with E-state index in [1.165, 1.54) is 25.7 Å². The summed E-state index contributed by atoms with van der Waals surface area (Å²) in [7, 11) is 1.72. The number of anilines is 3. The molecule has 1 spiro atoms. The fourth-order valence-corrected chi connectivity index (χ4v) is 11.8. The van der Waals surface area contributed by atoms with Crippen molar-refractivity contribution in [1.82, 2.24) is 92.1 Å². The molecule has 440 valence electrons. The Morgan fingerprint density at radius 1 is 0.565 bits per heavy atom. The van der Waals surface area contributed by atoms with E-state index in [0.29, 0.717) is 75.8 Å². The van der Waals surface area contributed by atoms with Crippen molar-refractivity contribution >= 4 is 17.8 Å². The van der Waals surface area contributed by atoms with Crippen LogP contribution in [0.2, 0.25) is 0 Å². The minimum atomic E-state index is -0.0848. The normalized spacial score (nSPS) is 19.7. The van der Waals surface area contributed by atoms with Gasteiger partial charge in [0.2, 0.25) is 17.8 Å². The number of phenolic OH excluding ortho intramolecular Hbond substituents is 3. The highest BCUT2D eigenvalue weighted by atomic mass is 16.5. The number of aromatic amines is 3. The number of hydrogen-bond acceptors (Lipinski definition) is 22. The van der Waals surface area contributed by atoms with Gasteiger partial charge in [-0.3, -0.25) is 15.3 Å². The first kappa shape index (κ1) is 56.4. The second-order valence-electron chi connectivity index (χ2n) is 23.6. The Labute approximate surface area is 491 Å². The van der Waals surface area contributed by atoms with Crippen molar-refractivity contribution in [2.75, 3.05) is 74.2 Å². The lowest BCUT2D eigenvalue weighted by Gasteiger charge is -2.29. The molecular formula is C60H71N21O4. The number of H-pyrrole nitrogens is 3. The molecule has 6 aromatic heterocycles.